The van der Waals surface area contributed by atoms with E-state index in [-0.39, 0.29) is 30.8 Å². The van der Waals surface area contributed by atoms with Crippen LogP contribution in [-0.2, 0) is 19.2 Å². The van der Waals surface area contributed by atoms with E-state index >= 15 is 0 Å². The minimum atomic E-state index is -0.831. The predicted octanol–water partition coefficient (Wildman–Crippen LogP) is -0.304. The zero-order chi connectivity index (χ0) is 20.8. The van der Waals surface area contributed by atoms with Gasteiger partial charge in [-0.2, -0.15) is 0 Å². The highest BCUT2D eigenvalue weighted by molar-refractivity contribution is 6.01. The molecule has 2 N–H and O–H groups in total. The van der Waals surface area contributed by atoms with Crippen molar-refractivity contribution in [2.75, 3.05) is 33.7 Å². The first kappa shape index (κ1) is 22.1. The summed E-state index contributed by atoms with van der Waals surface area (Å²) in [5.41, 5.74) is 0. The number of nitrogens with zero attached hydrogens (tertiary/aromatic N) is 3. The van der Waals surface area contributed by atoms with Gasteiger partial charge in [0, 0.05) is 44.6 Å². The molecule has 10 nitrogen and oxygen atoms in total. The Kier molecular flexibility index (Phi) is 7.76. The number of nitrogens with one attached hydrogen (secondary N) is 2. The van der Waals surface area contributed by atoms with Gasteiger partial charge in [0.25, 0.3) is 11.8 Å². The highest BCUT2D eigenvalue weighted by Crippen LogP contribution is 2.18. The molecular weight excluding hydrogens is 376 g/mol. The number of carbonyl (C=O) groups excluding carboxylic acids is 4. The van der Waals surface area contributed by atoms with Gasteiger partial charge >= 0.3 is 6.09 Å². The summed E-state index contributed by atoms with van der Waals surface area (Å²) in [6.07, 6.45) is 0.613. The molecular formula is C18H31N5O5. The van der Waals surface area contributed by atoms with Gasteiger partial charge in [-0.15, -0.1) is 5.06 Å². The highest BCUT2D eigenvalue weighted by atomic mass is 16.7. The molecule has 2 aliphatic heterocycles. The Bertz CT molecular complexity index is 597. The molecule has 2 heterocycles. The highest BCUT2D eigenvalue weighted by Gasteiger charge is 2.38. The number of rotatable bonds is 7. The molecule has 2 fully saturated rings. The molecule has 2 rings (SSSR count). The van der Waals surface area contributed by atoms with Crippen LogP contribution in [0.2, 0.25) is 0 Å². The van der Waals surface area contributed by atoms with E-state index in [0.717, 1.165) is 6.54 Å². The van der Waals surface area contributed by atoms with Gasteiger partial charge in [0.2, 0.25) is 5.91 Å². The molecule has 10 heteroatoms. The molecule has 0 aromatic carbocycles. The van der Waals surface area contributed by atoms with Crippen LogP contribution in [0, 0.1) is 0 Å². The van der Waals surface area contributed by atoms with E-state index in [2.05, 4.69) is 34.3 Å². The first-order chi connectivity index (χ1) is 13.2. The van der Waals surface area contributed by atoms with Gasteiger partial charge in [0.05, 0.1) is 0 Å². The molecule has 0 spiro atoms. The number of amides is 4. The fourth-order valence-electron chi connectivity index (χ4n) is 3.60. The van der Waals surface area contributed by atoms with E-state index in [1.807, 2.05) is 14.1 Å². The molecule has 0 radical (unpaired) electrons. The maximum absolute atomic E-state index is 12.5. The summed E-state index contributed by atoms with van der Waals surface area (Å²) in [7, 11) is 4.01. The van der Waals surface area contributed by atoms with Crippen molar-refractivity contribution >= 4 is 23.8 Å². The Morgan fingerprint density at radius 1 is 1.04 bits per heavy atom. The van der Waals surface area contributed by atoms with Crippen LogP contribution >= 0.6 is 0 Å². The average molecular weight is 407 g/mol. The van der Waals surface area contributed by atoms with E-state index in [4.69, 9.17) is 4.84 Å². The summed E-state index contributed by atoms with van der Waals surface area (Å²) in [5.74, 6) is -1.01. The predicted molar refractivity (Wildman–Crippen MR) is 101 cm³/mol. The largest absolute Gasteiger partial charge is 0.432 e. The number of carbonyl (C=O) groups is 4. The molecule has 2 aliphatic rings. The zero-order valence-corrected chi connectivity index (χ0v) is 17.1. The number of piperazine rings is 1. The summed E-state index contributed by atoms with van der Waals surface area (Å²) in [6.45, 7) is 5.88. The molecule has 4 amide bonds. The van der Waals surface area contributed by atoms with Crippen molar-refractivity contribution in [3.8, 4) is 0 Å². The lowest BCUT2D eigenvalue weighted by Crippen LogP contribution is -2.64. The molecule has 3 atom stereocenters. The zero-order valence-electron chi connectivity index (χ0n) is 17.1. The number of unbranched alkanes of at least 4 members (excludes halogenated alkanes) is 1. The maximum Gasteiger partial charge on any atom is 0.432 e. The summed E-state index contributed by atoms with van der Waals surface area (Å²) in [4.78, 5) is 55.9. The molecule has 0 aliphatic carbocycles. The van der Waals surface area contributed by atoms with Crippen LogP contribution < -0.4 is 10.6 Å². The van der Waals surface area contributed by atoms with E-state index < -0.39 is 17.9 Å². The van der Waals surface area contributed by atoms with Crippen molar-refractivity contribution in [3.05, 3.63) is 0 Å². The summed E-state index contributed by atoms with van der Waals surface area (Å²) in [5, 5.41) is 5.96. The quantitative estimate of drug-likeness (QED) is 0.258. The van der Waals surface area contributed by atoms with Gasteiger partial charge in [-0.25, -0.2) is 4.79 Å². The summed E-state index contributed by atoms with van der Waals surface area (Å²) >= 11 is 0. The first-order valence-corrected chi connectivity index (χ1v) is 9.73. The smallest absolute Gasteiger partial charge is 0.355 e. The topological polar surface area (TPSA) is 111 Å². The lowest BCUT2D eigenvalue weighted by Gasteiger charge is -2.46. The number of hydroxylamine groups is 2. The van der Waals surface area contributed by atoms with Gasteiger partial charge in [0.15, 0.2) is 0 Å². The third-order valence-corrected chi connectivity index (χ3v) is 5.44. The first-order valence-electron chi connectivity index (χ1n) is 9.73. The monoisotopic (exact) mass is 407 g/mol. The number of likely N-dealkylation sites (N-methyl/N-ethyl adjacent to an activating group) is 2. The number of hydrogen-bond donors (Lipinski definition) is 2. The van der Waals surface area contributed by atoms with Gasteiger partial charge in [0.1, 0.15) is 6.04 Å². The second-order valence-electron chi connectivity index (χ2n) is 7.53. The van der Waals surface area contributed by atoms with Crippen molar-refractivity contribution < 1.29 is 24.0 Å². The third kappa shape index (κ3) is 5.41. The van der Waals surface area contributed by atoms with Crippen LogP contribution in [-0.4, -0.2) is 90.5 Å². The van der Waals surface area contributed by atoms with Gasteiger partial charge < -0.3 is 15.5 Å². The van der Waals surface area contributed by atoms with Crippen LogP contribution in [0.15, 0.2) is 0 Å². The molecule has 28 heavy (non-hydrogen) atoms. The van der Waals surface area contributed by atoms with Crippen LogP contribution in [0.25, 0.3) is 0 Å². The number of hydrogen-bond acceptors (Lipinski definition) is 7. The van der Waals surface area contributed by atoms with E-state index in [0.29, 0.717) is 37.0 Å². The summed E-state index contributed by atoms with van der Waals surface area (Å²) < 4.78 is 0. The molecule has 3 unspecified atom stereocenters. The minimum absolute atomic E-state index is 0.00665. The van der Waals surface area contributed by atoms with E-state index in [9.17, 15) is 19.2 Å². The third-order valence-electron chi connectivity index (χ3n) is 5.44. The Morgan fingerprint density at radius 2 is 1.61 bits per heavy atom. The van der Waals surface area contributed by atoms with Crippen LogP contribution in [0.3, 0.4) is 0 Å². The lowest BCUT2D eigenvalue weighted by atomic mass is 10.3. The van der Waals surface area contributed by atoms with Gasteiger partial charge in [-0.3, -0.25) is 24.2 Å². The summed E-state index contributed by atoms with van der Waals surface area (Å²) in [6, 6.07) is 0.340. The van der Waals surface area contributed by atoms with Crippen molar-refractivity contribution in [2.24, 2.45) is 0 Å². The van der Waals surface area contributed by atoms with E-state index in [1.54, 1.807) is 0 Å². The Morgan fingerprint density at radius 3 is 2.21 bits per heavy atom. The molecule has 0 bridgehead atoms. The van der Waals surface area contributed by atoms with Crippen LogP contribution in [0.4, 0.5) is 4.79 Å². The lowest BCUT2D eigenvalue weighted by molar-refractivity contribution is -0.171. The Balaban J connectivity index is 1.61. The second kappa shape index (κ2) is 9.83. The van der Waals surface area contributed by atoms with Crippen molar-refractivity contribution in [1.29, 1.82) is 0 Å². The normalized spacial score (nSPS) is 26.4. The Hall–Kier alpha value is -2.20. The SMILES string of the molecule is CC1[13CH](C(=O)[15NH]CCCC[15NH]C(=O)ON2C(=O)CCC2=O)[15N]([13CH3])[13CH2][13CH]([13CH3])[15N]1[13CH3]. The standard InChI is InChI=1S/C18H31N5O5/c1-12-11-21(3)16(13(2)22(12)4)17(26)19-9-5-6-10-20-18(27)28-23-14(24)7-8-15(23)25/h12-13,16H,5-11H2,1-4H3,(H,19,26)(H,20,27)/i1+1,3+1,4+1,11+1,12+1,16+1,19+1,20+1,21+1,22+1. The minimum Gasteiger partial charge on any atom is -0.355 e. The molecule has 158 valence electrons. The second-order valence-corrected chi connectivity index (χ2v) is 7.53. The fraction of sp³-hybridized carbons (Fsp3) is 0.778. The van der Waals surface area contributed by atoms with Gasteiger partial charge in [-0.05, 0) is 40.8 Å². The van der Waals surface area contributed by atoms with Crippen LogP contribution in [0.5, 0.6) is 0 Å². The fourth-order valence-corrected chi connectivity index (χ4v) is 3.60. The Labute approximate surface area is 165 Å². The molecule has 2 saturated heterocycles. The van der Waals surface area contributed by atoms with Crippen molar-refractivity contribution in [3.63, 3.8) is 0 Å². The molecule has 0 saturated carbocycles. The van der Waals surface area contributed by atoms with Gasteiger partial charge in [-0.1, -0.05) is 0 Å². The number of imide groups is 1. The molecule has 0 aromatic heterocycles. The maximum atomic E-state index is 12.5. The average Bonchev–Trinajstić information content (AvgIpc) is 2.94. The molecule has 0 aromatic rings. The van der Waals surface area contributed by atoms with Crippen LogP contribution in [0.1, 0.15) is 39.5 Å². The van der Waals surface area contributed by atoms with Crippen molar-refractivity contribution in [1.82, 2.24) is 25.5 Å². The van der Waals surface area contributed by atoms with Crippen molar-refractivity contribution in [2.45, 2.75) is 57.7 Å². The van der Waals surface area contributed by atoms with E-state index in [1.165, 1.54) is 0 Å².